The van der Waals surface area contributed by atoms with Crippen LogP contribution in [0.3, 0.4) is 0 Å². The van der Waals surface area contributed by atoms with E-state index in [1.807, 2.05) is 20.8 Å². The Hall–Kier alpha value is -0.160. The molecule has 0 heterocycles. The first kappa shape index (κ1) is 14.9. The maximum atomic E-state index is 9.70. The highest BCUT2D eigenvalue weighted by Crippen LogP contribution is 2.24. The summed E-state index contributed by atoms with van der Waals surface area (Å²) in [6.07, 6.45) is 2.28. The molecule has 1 unspecified atom stereocenters. The summed E-state index contributed by atoms with van der Waals surface area (Å²) in [5, 5.41) is 13.0. The summed E-state index contributed by atoms with van der Waals surface area (Å²) in [6.45, 7) is 8.98. The van der Waals surface area contributed by atoms with E-state index in [2.05, 4.69) is 17.3 Å². The predicted octanol–water partition coefficient (Wildman–Crippen LogP) is 0.846. The van der Waals surface area contributed by atoms with Gasteiger partial charge in [0, 0.05) is 25.7 Å². The summed E-state index contributed by atoms with van der Waals surface area (Å²) >= 11 is 0. The number of nitrogens with one attached hydrogen (secondary N) is 1. The van der Waals surface area contributed by atoms with Crippen molar-refractivity contribution in [1.29, 1.82) is 0 Å². The van der Waals surface area contributed by atoms with Crippen LogP contribution in [0, 0.1) is 0 Å². The lowest BCUT2D eigenvalue weighted by atomic mass is 10.2. The van der Waals surface area contributed by atoms with Gasteiger partial charge in [-0.2, -0.15) is 0 Å². The molecule has 0 aromatic rings. The minimum absolute atomic E-state index is 0.173. The molecule has 0 aromatic heterocycles. The van der Waals surface area contributed by atoms with E-state index in [4.69, 9.17) is 4.74 Å². The van der Waals surface area contributed by atoms with Crippen molar-refractivity contribution in [2.24, 2.45) is 0 Å². The van der Waals surface area contributed by atoms with Crippen molar-refractivity contribution in [2.75, 3.05) is 33.3 Å². The van der Waals surface area contributed by atoms with Crippen molar-refractivity contribution >= 4 is 0 Å². The van der Waals surface area contributed by atoms with Crippen molar-refractivity contribution in [3.05, 3.63) is 0 Å². The molecule has 1 aliphatic carbocycles. The molecule has 2 N–H and O–H groups in total. The molecule has 0 aromatic carbocycles. The minimum Gasteiger partial charge on any atom is -0.389 e. The van der Waals surface area contributed by atoms with Gasteiger partial charge in [-0.3, -0.25) is 0 Å². The van der Waals surface area contributed by atoms with Crippen LogP contribution < -0.4 is 5.32 Å². The van der Waals surface area contributed by atoms with Crippen LogP contribution in [0.2, 0.25) is 0 Å². The highest BCUT2D eigenvalue weighted by atomic mass is 16.5. The lowest BCUT2D eigenvalue weighted by molar-refractivity contribution is -0.0478. The third-order valence-corrected chi connectivity index (χ3v) is 2.90. The number of nitrogens with zero attached hydrogens (tertiary/aromatic N) is 1. The molecule has 0 amide bonds. The molecule has 1 saturated carbocycles. The maximum Gasteiger partial charge on any atom is 0.0897 e. The van der Waals surface area contributed by atoms with Crippen LogP contribution in [0.5, 0.6) is 0 Å². The van der Waals surface area contributed by atoms with Crippen molar-refractivity contribution in [3.63, 3.8) is 0 Å². The summed E-state index contributed by atoms with van der Waals surface area (Å²) in [5.41, 5.74) is -0.173. The van der Waals surface area contributed by atoms with Crippen molar-refractivity contribution < 1.29 is 9.84 Å². The molecular formula is C13H28N2O2. The van der Waals surface area contributed by atoms with Gasteiger partial charge in [-0.05, 0) is 40.7 Å². The number of likely N-dealkylation sites (N-methyl/N-ethyl adjacent to an activating group) is 1. The molecule has 4 nitrogen and oxygen atoms in total. The minimum atomic E-state index is -0.416. The standard InChI is InChI=1S/C13H28N2O2/c1-13(2,3)17-10-12(16)9-14-7-8-15(4)11-5-6-11/h11-12,14,16H,5-10H2,1-4H3. The number of rotatable bonds is 8. The monoisotopic (exact) mass is 244 g/mol. The summed E-state index contributed by atoms with van der Waals surface area (Å²) in [4.78, 5) is 2.38. The summed E-state index contributed by atoms with van der Waals surface area (Å²) in [6, 6.07) is 0.811. The Labute approximate surface area is 105 Å². The van der Waals surface area contributed by atoms with Gasteiger partial charge in [0.15, 0.2) is 0 Å². The molecule has 0 spiro atoms. The first-order valence-electron chi connectivity index (χ1n) is 6.61. The molecule has 1 aliphatic rings. The van der Waals surface area contributed by atoms with Crippen molar-refractivity contribution in [2.45, 2.75) is 51.4 Å². The van der Waals surface area contributed by atoms with E-state index in [9.17, 15) is 5.11 Å². The van der Waals surface area contributed by atoms with E-state index >= 15 is 0 Å². The van der Waals surface area contributed by atoms with Crippen molar-refractivity contribution in [1.82, 2.24) is 10.2 Å². The van der Waals surface area contributed by atoms with Gasteiger partial charge in [0.1, 0.15) is 0 Å². The van der Waals surface area contributed by atoms with Gasteiger partial charge in [-0.25, -0.2) is 0 Å². The van der Waals surface area contributed by atoms with E-state index in [0.717, 1.165) is 19.1 Å². The Balaban J connectivity index is 1.94. The normalized spacial score (nSPS) is 18.7. The lowest BCUT2D eigenvalue weighted by Gasteiger charge is -2.22. The molecule has 0 saturated heterocycles. The SMILES string of the molecule is CN(CCNCC(O)COC(C)(C)C)C1CC1. The van der Waals surface area contributed by atoms with Gasteiger partial charge in [0.2, 0.25) is 0 Å². The second-order valence-corrected chi connectivity index (χ2v) is 5.99. The number of hydrogen-bond donors (Lipinski definition) is 2. The second kappa shape index (κ2) is 6.69. The van der Waals surface area contributed by atoms with Crippen LogP contribution in [-0.4, -0.2) is 61.0 Å². The predicted molar refractivity (Wildman–Crippen MR) is 70.2 cm³/mol. The van der Waals surface area contributed by atoms with E-state index in [-0.39, 0.29) is 5.60 Å². The number of aliphatic hydroxyl groups is 1. The second-order valence-electron chi connectivity index (χ2n) is 5.99. The molecule has 1 atom stereocenters. The van der Waals surface area contributed by atoms with Crippen LogP contribution in [0.25, 0.3) is 0 Å². The van der Waals surface area contributed by atoms with Gasteiger partial charge in [-0.15, -0.1) is 0 Å². The van der Waals surface area contributed by atoms with Crippen molar-refractivity contribution in [3.8, 4) is 0 Å². The van der Waals surface area contributed by atoms with Crippen LogP contribution in [-0.2, 0) is 4.74 Å². The highest BCUT2D eigenvalue weighted by molar-refractivity contribution is 4.82. The van der Waals surface area contributed by atoms with E-state index in [0.29, 0.717) is 13.2 Å². The zero-order chi connectivity index (χ0) is 12.9. The fraction of sp³-hybridized carbons (Fsp3) is 1.00. The number of ether oxygens (including phenoxy) is 1. The third-order valence-electron chi connectivity index (χ3n) is 2.90. The average molecular weight is 244 g/mol. The van der Waals surface area contributed by atoms with E-state index in [1.165, 1.54) is 12.8 Å². The van der Waals surface area contributed by atoms with Gasteiger partial charge in [0.05, 0.1) is 18.3 Å². The molecule has 1 rings (SSSR count). The van der Waals surface area contributed by atoms with Crippen LogP contribution in [0.15, 0.2) is 0 Å². The smallest absolute Gasteiger partial charge is 0.0897 e. The lowest BCUT2D eigenvalue weighted by Crippen LogP contribution is -2.37. The van der Waals surface area contributed by atoms with Gasteiger partial charge in [-0.1, -0.05) is 0 Å². The zero-order valence-corrected chi connectivity index (χ0v) is 11.7. The maximum absolute atomic E-state index is 9.70. The van der Waals surface area contributed by atoms with Crippen LogP contribution in [0.4, 0.5) is 0 Å². The first-order valence-corrected chi connectivity index (χ1v) is 6.61. The van der Waals surface area contributed by atoms with Crippen LogP contribution in [0.1, 0.15) is 33.6 Å². The first-order chi connectivity index (χ1) is 7.88. The largest absolute Gasteiger partial charge is 0.389 e. The molecule has 102 valence electrons. The topological polar surface area (TPSA) is 44.7 Å². The fourth-order valence-corrected chi connectivity index (χ4v) is 1.63. The number of aliphatic hydroxyl groups excluding tert-OH is 1. The third kappa shape index (κ3) is 7.71. The molecule has 0 radical (unpaired) electrons. The van der Waals surface area contributed by atoms with Crippen LogP contribution >= 0.6 is 0 Å². The Kier molecular flexibility index (Phi) is 5.86. The molecule has 0 aliphatic heterocycles. The van der Waals surface area contributed by atoms with E-state index in [1.54, 1.807) is 0 Å². The summed E-state index contributed by atoms with van der Waals surface area (Å²) in [5.74, 6) is 0. The Bertz CT molecular complexity index is 212. The quantitative estimate of drug-likeness (QED) is 0.621. The Morgan fingerprint density at radius 1 is 1.41 bits per heavy atom. The molecule has 17 heavy (non-hydrogen) atoms. The summed E-state index contributed by atoms with van der Waals surface area (Å²) in [7, 11) is 2.17. The fourth-order valence-electron chi connectivity index (χ4n) is 1.63. The average Bonchev–Trinajstić information content (AvgIpc) is 3.03. The zero-order valence-electron chi connectivity index (χ0n) is 11.7. The summed E-state index contributed by atoms with van der Waals surface area (Å²) < 4.78 is 5.52. The van der Waals surface area contributed by atoms with Gasteiger partial charge < -0.3 is 20.1 Å². The highest BCUT2D eigenvalue weighted by Gasteiger charge is 2.25. The molecule has 0 bridgehead atoms. The van der Waals surface area contributed by atoms with Gasteiger partial charge in [0.25, 0.3) is 0 Å². The molecule has 4 heteroatoms. The molecule has 1 fully saturated rings. The number of hydrogen-bond acceptors (Lipinski definition) is 4. The Morgan fingerprint density at radius 3 is 2.59 bits per heavy atom. The Morgan fingerprint density at radius 2 is 2.06 bits per heavy atom. The van der Waals surface area contributed by atoms with Gasteiger partial charge >= 0.3 is 0 Å². The molecular weight excluding hydrogens is 216 g/mol. The van der Waals surface area contributed by atoms with E-state index < -0.39 is 6.10 Å².